The number of carbonyl (C=O) groups is 3. The fourth-order valence-corrected chi connectivity index (χ4v) is 2.66. The highest BCUT2D eigenvalue weighted by Crippen LogP contribution is 2.30. The van der Waals surface area contributed by atoms with Crippen LogP contribution in [0.4, 0.5) is 4.39 Å². The number of ketones is 2. The summed E-state index contributed by atoms with van der Waals surface area (Å²) in [5.74, 6) is -2.11. The Labute approximate surface area is 164 Å². The molecule has 150 valence electrons. The molecule has 0 unspecified atom stereocenters. The Morgan fingerprint density at radius 3 is 2.07 bits per heavy atom. The Bertz CT molecular complexity index is 896. The molecule has 2 aromatic rings. The number of halogens is 1. The molecule has 1 heterocycles. The molecule has 0 atom stereocenters. The van der Waals surface area contributed by atoms with Gasteiger partial charge in [0.15, 0.2) is 11.5 Å². The molecule has 0 saturated carbocycles. The first kappa shape index (κ1) is 21.5. The van der Waals surface area contributed by atoms with Crippen LogP contribution in [-0.4, -0.2) is 23.0 Å². The van der Waals surface area contributed by atoms with E-state index in [1.165, 1.54) is 30.3 Å². The van der Waals surface area contributed by atoms with Gasteiger partial charge < -0.3 is 9.73 Å². The second-order valence-corrected chi connectivity index (χ2v) is 8.86. The molecular formula is C22H26FNO4. The first-order chi connectivity index (χ1) is 12.8. The molecule has 28 heavy (non-hydrogen) atoms. The van der Waals surface area contributed by atoms with Crippen molar-refractivity contribution in [2.75, 3.05) is 0 Å². The number of hydrogen-bond donors (Lipinski definition) is 1. The maximum absolute atomic E-state index is 13.1. The molecule has 1 aromatic heterocycles. The zero-order chi connectivity index (χ0) is 21.3. The van der Waals surface area contributed by atoms with Crippen molar-refractivity contribution in [2.24, 2.45) is 0 Å². The zero-order valence-corrected chi connectivity index (χ0v) is 17.1. The Hall–Kier alpha value is -2.76. The molecule has 0 radical (unpaired) electrons. The van der Waals surface area contributed by atoms with E-state index in [2.05, 4.69) is 5.32 Å². The van der Waals surface area contributed by atoms with Gasteiger partial charge in [-0.25, -0.2) is 4.39 Å². The highest BCUT2D eigenvalue weighted by atomic mass is 19.1. The van der Waals surface area contributed by atoms with Crippen LogP contribution >= 0.6 is 0 Å². The number of rotatable bonds is 5. The molecular weight excluding hydrogens is 361 g/mol. The third-order valence-corrected chi connectivity index (χ3v) is 3.91. The SMILES string of the molecule is CC(C)(C)NC(=O)C(=O)c1cc(C(=O)Cc2ccc(F)cc2)c(C(C)(C)C)o1. The van der Waals surface area contributed by atoms with Gasteiger partial charge in [0, 0.05) is 17.4 Å². The molecule has 1 N–H and O–H groups in total. The van der Waals surface area contributed by atoms with Crippen molar-refractivity contribution < 1.29 is 23.2 Å². The predicted octanol–water partition coefficient (Wildman–Crippen LogP) is 4.24. The minimum Gasteiger partial charge on any atom is -0.456 e. The summed E-state index contributed by atoms with van der Waals surface area (Å²) in [7, 11) is 0. The first-order valence-corrected chi connectivity index (χ1v) is 9.07. The first-order valence-electron chi connectivity index (χ1n) is 9.07. The third kappa shape index (κ3) is 5.38. The van der Waals surface area contributed by atoms with Crippen molar-refractivity contribution in [3.63, 3.8) is 0 Å². The molecule has 0 aliphatic rings. The summed E-state index contributed by atoms with van der Waals surface area (Å²) < 4.78 is 18.7. The second-order valence-electron chi connectivity index (χ2n) is 8.86. The van der Waals surface area contributed by atoms with Crippen molar-refractivity contribution in [2.45, 2.75) is 58.9 Å². The summed E-state index contributed by atoms with van der Waals surface area (Å²) in [6, 6.07) is 6.97. The number of furan rings is 1. The van der Waals surface area contributed by atoms with Gasteiger partial charge >= 0.3 is 0 Å². The molecule has 6 heteroatoms. The molecule has 0 aliphatic heterocycles. The van der Waals surface area contributed by atoms with Crippen LogP contribution in [0, 0.1) is 5.82 Å². The van der Waals surface area contributed by atoms with Crippen LogP contribution in [0.1, 0.15) is 73.8 Å². The number of carbonyl (C=O) groups excluding carboxylic acids is 3. The summed E-state index contributed by atoms with van der Waals surface area (Å²) in [4.78, 5) is 37.5. The van der Waals surface area contributed by atoms with E-state index in [1.807, 2.05) is 20.8 Å². The summed E-state index contributed by atoms with van der Waals surface area (Å²) in [6.07, 6.45) is 0.0325. The monoisotopic (exact) mass is 387 g/mol. The van der Waals surface area contributed by atoms with E-state index < -0.39 is 22.6 Å². The van der Waals surface area contributed by atoms with Gasteiger partial charge in [0.2, 0.25) is 0 Å². The van der Waals surface area contributed by atoms with Crippen LogP contribution < -0.4 is 5.32 Å². The van der Waals surface area contributed by atoms with Crippen molar-refractivity contribution in [3.8, 4) is 0 Å². The van der Waals surface area contributed by atoms with Crippen LogP contribution in [0.5, 0.6) is 0 Å². The van der Waals surface area contributed by atoms with Crippen molar-refractivity contribution >= 4 is 17.5 Å². The standard InChI is InChI=1S/C22H26FNO4/c1-21(2,3)19-15(16(25)11-13-7-9-14(23)10-8-13)12-17(28-19)18(26)20(27)24-22(4,5)6/h7-10,12H,11H2,1-6H3,(H,24,27). The van der Waals surface area contributed by atoms with Gasteiger partial charge in [0.1, 0.15) is 11.6 Å². The van der Waals surface area contributed by atoms with Gasteiger partial charge in [-0.1, -0.05) is 32.9 Å². The van der Waals surface area contributed by atoms with Crippen LogP contribution in [0.15, 0.2) is 34.7 Å². The van der Waals surface area contributed by atoms with Crippen LogP contribution in [0.2, 0.25) is 0 Å². The number of hydrogen-bond acceptors (Lipinski definition) is 4. The predicted molar refractivity (Wildman–Crippen MR) is 104 cm³/mol. The van der Waals surface area contributed by atoms with Gasteiger partial charge in [-0.3, -0.25) is 14.4 Å². The summed E-state index contributed by atoms with van der Waals surface area (Å²) in [5, 5.41) is 2.59. The van der Waals surface area contributed by atoms with Crippen molar-refractivity contribution in [1.29, 1.82) is 0 Å². The minimum absolute atomic E-state index is 0.0325. The minimum atomic E-state index is -0.832. The van der Waals surface area contributed by atoms with Gasteiger partial charge in [-0.15, -0.1) is 0 Å². The fraction of sp³-hybridized carbons (Fsp3) is 0.409. The van der Waals surface area contributed by atoms with Gasteiger partial charge in [-0.2, -0.15) is 0 Å². The van der Waals surface area contributed by atoms with E-state index in [0.29, 0.717) is 11.3 Å². The van der Waals surface area contributed by atoms with E-state index in [-0.39, 0.29) is 29.3 Å². The molecule has 1 amide bonds. The van der Waals surface area contributed by atoms with Crippen LogP contribution in [0.25, 0.3) is 0 Å². The van der Waals surface area contributed by atoms with Gasteiger partial charge in [0.05, 0.1) is 5.56 Å². The van der Waals surface area contributed by atoms with Gasteiger partial charge in [0.25, 0.3) is 11.7 Å². The largest absolute Gasteiger partial charge is 0.456 e. The Morgan fingerprint density at radius 1 is 1.00 bits per heavy atom. The zero-order valence-electron chi connectivity index (χ0n) is 17.1. The lowest BCUT2D eigenvalue weighted by Gasteiger charge is -2.19. The quantitative estimate of drug-likeness (QED) is 0.615. The molecule has 5 nitrogen and oxygen atoms in total. The lowest BCUT2D eigenvalue weighted by atomic mass is 9.88. The molecule has 0 saturated heterocycles. The molecule has 1 aromatic carbocycles. The van der Waals surface area contributed by atoms with E-state index in [9.17, 15) is 18.8 Å². The second kappa shape index (κ2) is 7.70. The maximum Gasteiger partial charge on any atom is 0.296 e. The highest BCUT2D eigenvalue weighted by Gasteiger charge is 2.31. The summed E-state index contributed by atoms with van der Waals surface area (Å²) in [5.41, 5.74) is -0.227. The fourth-order valence-electron chi connectivity index (χ4n) is 2.66. The van der Waals surface area contributed by atoms with E-state index in [1.54, 1.807) is 20.8 Å². The molecule has 0 fully saturated rings. The average molecular weight is 387 g/mol. The smallest absolute Gasteiger partial charge is 0.296 e. The third-order valence-electron chi connectivity index (χ3n) is 3.91. The van der Waals surface area contributed by atoms with Crippen LogP contribution in [0.3, 0.4) is 0 Å². The normalized spacial score (nSPS) is 12.0. The number of amides is 1. The molecule has 2 rings (SSSR count). The molecule has 0 spiro atoms. The Balaban J connectivity index is 2.35. The van der Waals surface area contributed by atoms with E-state index in [4.69, 9.17) is 4.42 Å². The maximum atomic E-state index is 13.1. The lowest BCUT2D eigenvalue weighted by Crippen LogP contribution is -2.44. The topological polar surface area (TPSA) is 76.4 Å². The number of benzene rings is 1. The highest BCUT2D eigenvalue weighted by molar-refractivity contribution is 6.42. The molecule has 0 bridgehead atoms. The summed E-state index contributed by atoms with van der Waals surface area (Å²) >= 11 is 0. The van der Waals surface area contributed by atoms with Crippen LogP contribution in [-0.2, 0) is 16.6 Å². The lowest BCUT2D eigenvalue weighted by molar-refractivity contribution is -0.118. The Kier molecular flexibility index (Phi) is 5.92. The van der Waals surface area contributed by atoms with E-state index in [0.717, 1.165) is 0 Å². The van der Waals surface area contributed by atoms with Crippen molar-refractivity contribution in [3.05, 3.63) is 58.8 Å². The summed E-state index contributed by atoms with van der Waals surface area (Å²) in [6.45, 7) is 10.8. The van der Waals surface area contributed by atoms with Gasteiger partial charge in [-0.05, 0) is 44.5 Å². The number of nitrogens with one attached hydrogen (secondary N) is 1. The average Bonchev–Trinajstić information content (AvgIpc) is 3.00. The van der Waals surface area contributed by atoms with Crippen molar-refractivity contribution in [1.82, 2.24) is 5.32 Å². The Morgan fingerprint density at radius 2 is 1.57 bits per heavy atom. The molecule has 0 aliphatic carbocycles. The van der Waals surface area contributed by atoms with E-state index >= 15 is 0 Å². The number of Topliss-reactive ketones (excluding diaryl/α,β-unsaturated/α-hetero) is 2.